The molecule has 0 saturated heterocycles. The number of benzene rings is 1. The van der Waals surface area contributed by atoms with Crippen molar-refractivity contribution < 1.29 is 9.53 Å². The minimum absolute atomic E-state index is 0.340. The van der Waals surface area contributed by atoms with Crippen molar-refractivity contribution >= 4 is 35.1 Å². The lowest BCUT2D eigenvalue weighted by Crippen LogP contribution is -1.91. The van der Waals surface area contributed by atoms with Crippen LogP contribution in [-0.4, -0.2) is 12.9 Å². The van der Waals surface area contributed by atoms with E-state index in [-0.39, 0.29) is 0 Å². The van der Waals surface area contributed by atoms with Gasteiger partial charge in [0.25, 0.3) is 0 Å². The fourth-order valence-electron chi connectivity index (χ4n) is 1.09. The molecular weight excluding hydrogens is 235 g/mol. The maximum Gasteiger partial charge on any atom is 0.153 e. The van der Waals surface area contributed by atoms with Crippen molar-refractivity contribution in [2.45, 2.75) is 6.92 Å². The predicted molar refractivity (Wildman–Crippen MR) is 62.1 cm³/mol. The molecule has 0 heterocycles. The van der Waals surface area contributed by atoms with Gasteiger partial charge >= 0.3 is 0 Å². The van der Waals surface area contributed by atoms with E-state index in [9.17, 15) is 4.79 Å². The van der Waals surface area contributed by atoms with E-state index in [1.807, 2.05) is 6.92 Å². The smallest absolute Gasteiger partial charge is 0.153 e. The van der Waals surface area contributed by atoms with Crippen LogP contribution in [0.5, 0.6) is 0 Å². The number of ether oxygens (including phenoxy) is 1. The number of allylic oxidation sites excluding steroid dienone is 1. The van der Waals surface area contributed by atoms with Gasteiger partial charge in [0.05, 0.1) is 28.5 Å². The number of aldehydes is 1. The van der Waals surface area contributed by atoms with E-state index in [0.29, 0.717) is 34.1 Å². The van der Waals surface area contributed by atoms with E-state index < -0.39 is 0 Å². The Bertz CT molecular complexity index is 366. The number of rotatable bonds is 4. The van der Waals surface area contributed by atoms with Crippen LogP contribution in [0.2, 0.25) is 10.0 Å². The molecule has 0 saturated carbocycles. The molecule has 80 valence electrons. The largest absolute Gasteiger partial charge is 0.501 e. The molecule has 15 heavy (non-hydrogen) atoms. The summed E-state index contributed by atoms with van der Waals surface area (Å²) in [5.74, 6) is 0. The second kappa shape index (κ2) is 5.79. The zero-order chi connectivity index (χ0) is 11.3. The Kier molecular flexibility index (Phi) is 4.66. The highest BCUT2D eigenvalue weighted by Crippen LogP contribution is 2.29. The van der Waals surface area contributed by atoms with Gasteiger partial charge in [-0.3, -0.25) is 4.79 Å². The van der Waals surface area contributed by atoms with Gasteiger partial charge in [-0.2, -0.15) is 0 Å². The Labute approximate surface area is 98.4 Å². The van der Waals surface area contributed by atoms with E-state index in [4.69, 9.17) is 27.9 Å². The summed E-state index contributed by atoms with van der Waals surface area (Å²) in [7, 11) is 0. The van der Waals surface area contributed by atoms with Gasteiger partial charge in [-0.05, 0) is 19.1 Å². The quantitative estimate of drug-likeness (QED) is 0.460. The van der Waals surface area contributed by atoms with Crippen LogP contribution in [0.25, 0.3) is 5.57 Å². The van der Waals surface area contributed by atoms with Crippen molar-refractivity contribution in [3.05, 3.63) is 40.1 Å². The molecule has 0 N–H and O–H groups in total. The third-order valence-electron chi connectivity index (χ3n) is 1.76. The summed E-state index contributed by atoms with van der Waals surface area (Å²) in [6.07, 6.45) is 2.03. The first kappa shape index (κ1) is 12.1. The SMILES string of the molecule is CCOC=C(C=O)c1c(Cl)cccc1Cl. The number of carbonyl (C=O) groups excluding carboxylic acids is 1. The van der Waals surface area contributed by atoms with Crippen LogP contribution >= 0.6 is 23.2 Å². The maximum absolute atomic E-state index is 10.9. The molecule has 0 aliphatic heterocycles. The zero-order valence-electron chi connectivity index (χ0n) is 8.17. The summed E-state index contributed by atoms with van der Waals surface area (Å²) in [4.78, 5) is 10.9. The monoisotopic (exact) mass is 244 g/mol. The number of halogens is 2. The second-order valence-electron chi connectivity index (χ2n) is 2.74. The van der Waals surface area contributed by atoms with Gasteiger partial charge in [0, 0.05) is 5.56 Å². The Morgan fingerprint density at radius 2 is 2.00 bits per heavy atom. The number of hydrogen-bond acceptors (Lipinski definition) is 2. The molecule has 0 aliphatic rings. The van der Waals surface area contributed by atoms with Crippen LogP contribution in [-0.2, 0) is 9.53 Å². The fourth-order valence-corrected chi connectivity index (χ4v) is 1.71. The summed E-state index contributed by atoms with van der Waals surface area (Å²) >= 11 is 11.9. The Morgan fingerprint density at radius 3 is 2.47 bits per heavy atom. The lowest BCUT2D eigenvalue weighted by Gasteiger charge is -2.06. The van der Waals surface area contributed by atoms with E-state index in [1.165, 1.54) is 6.26 Å². The maximum atomic E-state index is 10.9. The molecule has 1 aromatic rings. The number of carbonyl (C=O) groups is 1. The summed E-state index contributed by atoms with van der Waals surface area (Å²) < 4.78 is 5.04. The molecular formula is C11H10Cl2O2. The predicted octanol–water partition coefficient (Wildman–Crippen LogP) is 3.57. The molecule has 0 unspecified atom stereocenters. The molecule has 1 aromatic carbocycles. The highest BCUT2D eigenvalue weighted by molar-refractivity contribution is 6.39. The molecule has 0 amide bonds. The van der Waals surface area contributed by atoms with Crippen molar-refractivity contribution in [3.8, 4) is 0 Å². The van der Waals surface area contributed by atoms with Gasteiger partial charge in [-0.25, -0.2) is 0 Å². The highest BCUT2D eigenvalue weighted by atomic mass is 35.5. The average Bonchev–Trinajstić information content (AvgIpc) is 2.22. The van der Waals surface area contributed by atoms with Crippen LogP contribution in [0.4, 0.5) is 0 Å². The molecule has 0 fully saturated rings. The summed E-state index contributed by atoms with van der Waals surface area (Å²) in [5, 5.41) is 0.862. The molecule has 4 heteroatoms. The number of hydrogen-bond donors (Lipinski definition) is 0. The lowest BCUT2D eigenvalue weighted by molar-refractivity contribution is -0.103. The summed E-state index contributed by atoms with van der Waals surface area (Å²) in [6, 6.07) is 5.06. The first-order valence-corrected chi connectivity index (χ1v) is 5.17. The molecule has 1 rings (SSSR count). The zero-order valence-corrected chi connectivity index (χ0v) is 9.68. The van der Waals surface area contributed by atoms with E-state index in [1.54, 1.807) is 18.2 Å². The third kappa shape index (κ3) is 2.98. The Hall–Kier alpha value is -0.990. The first-order chi connectivity index (χ1) is 7.20. The summed E-state index contributed by atoms with van der Waals surface area (Å²) in [5.41, 5.74) is 0.844. The van der Waals surface area contributed by atoms with Crippen molar-refractivity contribution in [2.24, 2.45) is 0 Å². The topological polar surface area (TPSA) is 26.3 Å². The molecule has 0 spiro atoms. The minimum atomic E-state index is 0.340. The average molecular weight is 245 g/mol. The van der Waals surface area contributed by atoms with Crippen LogP contribution in [0.15, 0.2) is 24.5 Å². The van der Waals surface area contributed by atoms with Gasteiger partial charge in [0.15, 0.2) is 6.29 Å². The second-order valence-corrected chi connectivity index (χ2v) is 3.56. The normalized spacial score (nSPS) is 11.3. The molecule has 2 nitrogen and oxygen atoms in total. The van der Waals surface area contributed by atoms with Crippen molar-refractivity contribution in [1.82, 2.24) is 0 Å². The van der Waals surface area contributed by atoms with Crippen LogP contribution in [0.1, 0.15) is 12.5 Å². The minimum Gasteiger partial charge on any atom is -0.501 e. The first-order valence-electron chi connectivity index (χ1n) is 4.42. The molecule has 0 atom stereocenters. The van der Waals surface area contributed by atoms with Crippen molar-refractivity contribution in [1.29, 1.82) is 0 Å². The molecule has 0 aliphatic carbocycles. The van der Waals surface area contributed by atoms with Crippen LogP contribution in [0.3, 0.4) is 0 Å². The molecule has 0 bridgehead atoms. The van der Waals surface area contributed by atoms with E-state index >= 15 is 0 Å². The molecule has 0 aromatic heterocycles. The Balaban J connectivity index is 3.17. The highest BCUT2D eigenvalue weighted by Gasteiger charge is 2.10. The summed E-state index contributed by atoms with van der Waals surface area (Å²) in [6.45, 7) is 2.31. The van der Waals surface area contributed by atoms with E-state index in [2.05, 4.69) is 0 Å². The van der Waals surface area contributed by atoms with Crippen molar-refractivity contribution in [3.63, 3.8) is 0 Å². The molecule has 0 radical (unpaired) electrons. The van der Waals surface area contributed by atoms with Gasteiger partial charge < -0.3 is 4.74 Å². The van der Waals surface area contributed by atoms with Crippen molar-refractivity contribution in [2.75, 3.05) is 6.61 Å². The Morgan fingerprint density at radius 1 is 1.40 bits per heavy atom. The lowest BCUT2D eigenvalue weighted by atomic mass is 10.1. The van der Waals surface area contributed by atoms with Gasteiger partial charge in [0.2, 0.25) is 0 Å². The fraction of sp³-hybridized carbons (Fsp3) is 0.182. The van der Waals surface area contributed by atoms with Gasteiger partial charge in [-0.15, -0.1) is 0 Å². The standard InChI is InChI=1S/C11H10Cl2O2/c1-2-15-7-8(6-14)11-9(12)4-3-5-10(11)13/h3-7H,2H2,1H3. The van der Waals surface area contributed by atoms with E-state index in [0.717, 1.165) is 0 Å². The van der Waals surface area contributed by atoms with Crippen LogP contribution in [0, 0.1) is 0 Å². The third-order valence-corrected chi connectivity index (χ3v) is 2.39. The van der Waals surface area contributed by atoms with Crippen LogP contribution < -0.4 is 0 Å². The van der Waals surface area contributed by atoms with Gasteiger partial charge in [0.1, 0.15) is 0 Å². The van der Waals surface area contributed by atoms with Gasteiger partial charge in [-0.1, -0.05) is 29.3 Å².